The number of hydrogen-bond donors (Lipinski definition) is 2. The van der Waals surface area contributed by atoms with Crippen molar-refractivity contribution in [3.8, 4) is 0 Å². The highest BCUT2D eigenvalue weighted by Crippen LogP contribution is 2.18. The van der Waals surface area contributed by atoms with Crippen molar-refractivity contribution in [2.24, 2.45) is 10.8 Å². The van der Waals surface area contributed by atoms with Crippen LogP contribution in [0, 0.1) is 0 Å². The van der Waals surface area contributed by atoms with Crippen LogP contribution in [0.4, 0.5) is 0 Å². The van der Waals surface area contributed by atoms with Gasteiger partial charge < -0.3 is 5.73 Å². The standard InChI is InChI=1S/C9H7N7S/c10-9(17)15-13-3-6-14-8-7-5(11-4-12-8)1-2-16(6)7/h1-4H,(H3,10,15,17)/b13-3+. The Morgan fingerprint density at radius 2 is 2.41 bits per heavy atom. The van der Waals surface area contributed by atoms with Crippen molar-refractivity contribution < 1.29 is 0 Å². The van der Waals surface area contributed by atoms with Gasteiger partial charge in [-0.3, -0.25) is 9.83 Å². The summed E-state index contributed by atoms with van der Waals surface area (Å²) in [4.78, 5) is 12.5. The molecule has 0 saturated heterocycles. The molecule has 84 valence electrons. The number of nitrogens with zero attached hydrogens (tertiary/aromatic N) is 5. The fourth-order valence-electron chi connectivity index (χ4n) is 1.64. The minimum atomic E-state index is 0.106. The molecule has 3 aromatic rings. The van der Waals surface area contributed by atoms with Gasteiger partial charge in [-0.25, -0.2) is 15.0 Å². The summed E-state index contributed by atoms with van der Waals surface area (Å²) in [5, 5.41) is 3.97. The van der Waals surface area contributed by atoms with E-state index in [1.165, 1.54) is 12.5 Å². The van der Waals surface area contributed by atoms with Crippen molar-refractivity contribution in [3.05, 3.63) is 24.4 Å². The summed E-state index contributed by atoms with van der Waals surface area (Å²) in [6.07, 6.45) is 4.88. The minimum Gasteiger partial charge on any atom is -0.375 e. The first kappa shape index (κ1) is 9.85. The van der Waals surface area contributed by atoms with Crippen molar-refractivity contribution >= 4 is 40.2 Å². The van der Waals surface area contributed by atoms with Crippen LogP contribution in [0.1, 0.15) is 5.82 Å². The molecule has 0 aliphatic rings. The van der Waals surface area contributed by atoms with Crippen LogP contribution in [0.5, 0.6) is 0 Å². The molecule has 0 amide bonds. The van der Waals surface area contributed by atoms with Crippen LogP contribution in [0.3, 0.4) is 0 Å². The summed E-state index contributed by atoms with van der Waals surface area (Å²) in [7, 11) is 0. The van der Waals surface area contributed by atoms with E-state index >= 15 is 0 Å². The van der Waals surface area contributed by atoms with Crippen LogP contribution in [-0.4, -0.2) is 30.7 Å². The Labute approximate surface area is 101 Å². The number of rotatable bonds is 2. The highest BCUT2D eigenvalue weighted by molar-refractivity contribution is 7.80. The van der Waals surface area contributed by atoms with Gasteiger partial charge in [0.2, 0.25) is 0 Å². The third kappa shape index (κ3) is 1.54. The minimum absolute atomic E-state index is 0.106. The molecule has 0 aliphatic carbocycles. The van der Waals surface area contributed by atoms with Crippen LogP contribution in [0.25, 0.3) is 16.7 Å². The van der Waals surface area contributed by atoms with Gasteiger partial charge in [0.15, 0.2) is 16.6 Å². The van der Waals surface area contributed by atoms with Gasteiger partial charge in [-0.05, 0) is 18.3 Å². The normalized spacial score (nSPS) is 11.8. The van der Waals surface area contributed by atoms with Gasteiger partial charge in [0.1, 0.15) is 11.8 Å². The number of nitrogens with two attached hydrogens (primary N) is 1. The number of hydrogen-bond acceptors (Lipinski definition) is 5. The lowest BCUT2D eigenvalue weighted by Gasteiger charge is -1.92. The number of aromatic nitrogens is 4. The Balaban J connectivity index is 2.10. The van der Waals surface area contributed by atoms with E-state index in [9.17, 15) is 0 Å². The van der Waals surface area contributed by atoms with Crippen molar-refractivity contribution in [2.75, 3.05) is 0 Å². The predicted octanol–water partition coefficient (Wildman–Crippen LogP) is -0.118. The molecule has 0 saturated carbocycles. The second kappa shape index (κ2) is 3.59. The van der Waals surface area contributed by atoms with E-state index in [0.717, 1.165) is 11.0 Å². The summed E-state index contributed by atoms with van der Waals surface area (Å²) < 4.78 is 1.86. The summed E-state index contributed by atoms with van der Waals surface area (Å²) in [6.45, 7) is 0. The molecule has 0 fully saturated rings. The van der Waals surface area contributed by atoms with Crippen LogP contribution in [-0.2, 0) is 0 Å². The number of hydrazone groups is 1. The topological polar surface area (TPSA) is 93.5 Å². The smallest absolute Gasteiger partial charge is 0.184 e. The molecule has 3 rings (SSSR count). The maximum Gasteiger partial charge on any atom is 0.184 e. The molecule has 0 atom stereocenters. The Morgan fingerprint density at radius 1 is 1.53 bits per heavy atom. The van der Waals surface area contributed by atoms with E-state index in [1.807, 2.05) is 16.7 Å². The van der Waals surface area contributed by atoms with Gasteiger partial charge in [0.25, 0.3) is 0 Å². The summed E-state index contributed by atoms with van der Waals surface area (Å²) in [6, 6.07) is 1.89. The second-order valence-electron chi connectivity index (χ2n) is 3.32. The molecule has 8 heteroatoms. The van der Waals surface area contributed by atoms with Gasteiger partial charge >= 0.3 is 0 Å². The van der Waals surface area contributed by atoms with Crippen LogP contribution in [0.2, 0.25) is 0 Å². The van der Waals surface area contributed by atoms with E-state index in [1.54, 1.807) is 0 Å². The van der Waals surface area contributed by atoms with E-state index in [4.69, 9.17) is 5.73 Å². The molecule has 0 aliphatic heterocycles. The molecule has 3 N–H and O–H groups in total. The lowest BCUT2D eigenvalue weighted by Crippen LogP contribution is -2.24. The monoisotopic (exact) mass is 245 g/mol. The zero-order valence-corrected chi connectivity index (χ0v) is 9.35. The van der Waals surface area contributed by atoms with Crippen molar-refractivity contribution in [1.82, 2.24) is 24.8 Å². The highest BCUT2D eigenvalue weighted by Gasteiger charge is 2.11. The average Bonchev–Trinajstić information content (AvgIpc) is 2.86. The number of thiocarbonyl (C=S) groups is 1. The molecule has 17 heavy (non-hydrogen) atoms. The third-order valence-electron chi connectivity index (χ3n) is 2.28. The number of nitrogens with one attached hydrogen (secondary N) is 1. The molecule has 0 aromatic carbocycles. The third-order valence-corrected chi connectivity index (χ3v) is 2.37. The Kier molecular flexibility index (Phi) is 2.08. The first-order valence-electron chi connectivity index (χ1n) is 4.75. The summed E-state index contributed by atoms with van der Waals surface area (Å²) in [5.74, 6) is 0.638. The largest absolute Gasteiger partial charge is 0.375 e. The average molecular weight is 245 g/mol. The van der Waals surface area contributed by atoms with E-state index < -0.39 is 0 Å². The zero-order chi connectivity index (χ0) is 11.8. The molecule has 3 heterocycles. The maximum absolute atomic E-state index is 5.26. The van der Waals surface area contributed by atoms with Gasteiger partial charge in [-0.15, -0.1) is 0 Å². The van der Waals surface area contributed by atoms with Crippen molar-refractivity contribution in [1.29, 1.82) is 0 Å². The predicted molar refractivity (Wildman–Crippen MR) is 67.0 cm³/mol. The van der Waals surface area contributed by atoms with Crippen LogP contribution >= 0.6 is 12.2 Å². The van der Waals surface area contributed by atoms with Gasteiger partial charge in [-0.2, -0.15) is 5.10 Å². The first-order valence-corrected chi connectivity index (χ1v) is 5.16. The zero-order valence-electron chi connectivity index (χ0n) is 8.53. The second-order valence-corrected chi connectivity index (χ2v) is 3.76. The van der Waals surface area contributed by atoms with Gasteiger partial charge in [-0.1, -0.05) is 0 Å². The molecular formula is C9H7N7S. The lowest BCUT2D eigenvalue weighted by molar-refractivity contribution is 1.03. The molecular weight excluding hydrogens is 238 g/mol. The Morgan fingerprint density at radius 3 is 3.24 bits per heavy atom. The molecule has 0 spiro atoms. The van der Waals surface area contributed by atoms with Gasteiger partial charge in [0.05, 0.1) is 11.7 Å². The van der Waals surface area contributed by atoms with E-state index in [0.29, 0.717) is 11.5 Å². The van der Waals surface area contributed by atoms with E-state index in [2.05, 4.69) is 37.7 Å². The number of imidazole rings is 1. The molecule has 3 aromatic heterocycles. The SMILES string of the molecule is NC(=S)N/N=C/c1nc2ncnc3ccn1c32. The lowest BCUT2D eigenvalue weighted by atomic mass is 10.4. The fraction of sp³-hybridized carbons (Fsp3) is 0. The molecule has 0 bridgehead atoms. The van der Waals surface area contributed by atoms with Crippen molar-refractivity contribution in [3.63, 3.8) is 0 Å². The highest BCUT2D eigenvalue weighted by atomic mass is 32.1. The van der Waals surface area contributed by atoms with Crippen LogP contribution in [0.15, 0.2) is 23.7 Å². The molecule has 7 nitrogen and oxygen atoms in total. The quantitative estimate of drug-likeness (QED) is 0.371. The van der Waals surface area contributed by atoms with Crippen LogP contribution < -0.4 is 11.2 Å². The van der Waals surface area contributed by atoms with E-state index in [-0.39, 0.29) is 5.11 Å². The molecule has 0 radical (unpaired) electrons. The summed E-state index contributed by atoms with van der Waals surface area (Å²) >= 11 is 4.64. The van der Waals surface area contributed by atoms with Crippen molar-refractivity contribution in [2.45, 2.75) is 0 Å². The summed E-state index contributed by atoms with van der Waals surface area (Å²) in [5.41, 5.74) is 10.1. The fourth-order valence-corrected chi connectivity index (χ4v) is 1.69. The maximum atomic E-state index is 5.26. The van der Waals surface area contributed by atoms with Gasteiger partial charge in [0, 0.05) is 6.20 Å². The Hall–Kier alpha value is -2.35. The Bertz CT molecular complexity index is 716. The molecule has 0 unspecified atom stereocenters. The first-order chi connectivity index (χ1) is 8.25.